The molecule has 0 radical (unpaired) electrons. The van der Waals surface area contributed by atoms with Crippen LogP contribution in [0.2, 0.25) is 0 Å². The van der Waals surface area contributed by atoms with Crippen LogP contribution in [-0.4, -0.2) is 39.0 Å². The first-order valence-electron chi connectivity index (χ1n) is 40.9. The topological polar surface area (TPSA) is 113 Å². The van der Waals surface area contributed by atoms with Gasteiger partial charge in [-0.1, -0.05) is 267 Å². The molecule has 0 bridgehead atoms. The van der Waals surface area contributed by atoms with E-state index in [0.717, 1.165) is 175 Å². The summed E-state index contributed by atoms with van der Waals surface area (Å²) in [5, 5.41) is 18.0. The molecular weight excluding hydrogens is 1530 g/mol. The Morgan fingerprint density at radius 2 is 0.533 bits per heavy atom. The van der Waals surface area contributed by atoms with Crippen LogP contribution in [-0.2, 0) is 0 Å². The van der Waals surface area contributed by atoms with Crippen molar-refractivity contribution < 1.29 is 8.83 Å². The summed E-state index contributed by atoms with van der Waals surface area (Å²) in [6.07, 6.45) is 0. The van der Waals surface area contributed by atoms with E-state index in [0.29, 0.717) is 46.1 Å². The molecule has 8 aromatic heterocycles. The van der Waals surface area contributed by atoms with Gasteiger partial charge in [-0.15, -0.1) is 22.7 Å². The average molecular weight is 1590 g/mol. The maximum Gasteiger partial charge on any atom is 0.170 e. The number of hydrogen-bond acceptors (Lipinski definition) is 10. The Kier molecular flexibility index (Phi) is 15.0. The molecule has 566 valence electrons. The van der Waals surface area contributed by atoms with Crippen LogP contribution in [0.25, 0.3) is 262 Å². The smallest absolute Gasteiger partial charge is 0.170 e. The normalized spacial score (nSPS) is 12.1. The Morgan fingerprint density at radius 1 is 0.189 bits per heavy atom. The van der Waals surface area contributed by atoms with E-state index in [-0.39, 0.29) is 0 Å². The molecular formula is C110H62N8O2S2. The maximum atomic E-state index is 7.49. The van der Waals surface area contributed by atoms with Gasteiger partial charge in [-0.2, -0.15) is 0 Å². The van der Waals surface area contributed by atoms with Crippen LogP contribution >= 0.6 is 22.7 Å². The van der Waals surface area contributed by atoms with Crippen molar-refractivity contribution in [2.24, 2.45) is 0 Å². The van der Waals surface area contributed by atoms with Crippen LogP contribution in [0.1, 0.15) is 0 Å². The molecule has 0 fully saturated rings. The lowest BCUT2D eigenvalue weighted by molar-refractivity contribution is 0.669. The van der Waals surface area contributed by atoms with Gasteiger partial charge in [-0.3, -0.25) is 0 Å². The van der Waals surface area contributed by atoms with Crippen LogP contribution in [0.15, 0.2) is 385 Å². The Hall–Kier alpha value is -15.9. The van der Waals surface area contributed by atoms with E-state index >= 15 is 0 Å². The molecule has 8 heterocycles. The van der Waals surface area contributed by atoms with Gasteiger partial charge in [0.2, 0.25) is 0 Å². The number of fused-ring (bicyclic) bond motifs is 20. The Bertz CT molecular complexity index is 8920. The highest BCUT2D eigenvalue weighted by atomic mass is 32.1. The first-order valence-corrected chi connectivity index (χ1v) is 42.6. The van der Waals surface area contributed by atoms with Gasteiger partial charge in [-0.25, -0.2) is 29.9 Å². The van der Waals surface area contributed by atoms with Crippen molar-refractivity contribution in [2.75, 3.05) is 0 Å². The summed E-state index contributed by atoms with van der Waals surface area (Å²) in [6, 6.07) is 134. The average Bonchev–Trinajstić information content (AvgIpc) is 1.56. The molecule has 26 rings (SSSR count). The molecule has 12 heteroatoms. The first-order chi connectivity index (χ1) is 60.4. The van der Waals surface area contributed by atoms with Gasteiger partial charge in [-0.05, 0) is 164 Å². The van der Waals surface area contributed by atoms with Crippen molar-refractivity contribution in [3.05, 3.63) is 376 Å². The molecule has 0 saturated heterocycles. The number of nitrogens with zero attached hydrogens (tertiary/aromatic N) is 8. The lowest BCUT2D eigenvalue weighted by atomic mass is 9.98. The molecule has 0 saturated carbocycles. The summed E-state index contributed by atoms with van der Waals surface area (Å²) in [7, 11) is 0. The van der Waals surface area contributed by atoms with Gasteiger partial charge in [0, 0.05) is 106 Å². The summed E-state index contributed by atoms with van der Waals surface area (Å²) < 4.78 is 24.1. The number of furan rings is 2. The SMILES string of the molecule is c1ccc(-c2cccc(-c3nc(-c4ccc5c(c4)sc4ccccc45)nc(-c4c(-n5c6ccccc6c6cc7ccccc7cc65)ccc5c4oc4cc(-c6ccc(-c7ccc(-c8nc(-c9ccc%10c(c9)sc9ccccc9%10)nc(-c9c(-n%10c%11ccccc%11c%11cc%12ccccc%12cc%11%10)ccc%10c9oc9ccccc9%10)n8)cc7)cc6)ccc45)n3)c2)cc1. The van der Waals surface area contributed by atoms with Crippen LogP contribution in [0.4, 0.5) is 0 Å². The molecule has 0 aliphatic rings. The zero-order valence-electron chi connectivity index (χ0n) is 65.0. The molecule has 0 atom stereocenters. The number of hydrogen-bond donors (Lipinski definition) is 0. The van der Waals surface area contributed by atoms with Crippen LogP contribution in [0.3, 0.4) is 0 Å². The van der Waals surface area contributed by atoms with Crippen molar-refractivity contribution in [1.29, 1.82) is 0 Å². The minimum absolute atomic E-state index is 0.487. The lowest BCUT2D eigenvalue weighted by Crippen LogP contribution is -2.04. The molecule has 26 aromatic rings. The molecule has 10 nitrogen and oxygen atoms in total. The van der Waals surface area contributed by atoms with E-state index in [9.17, 15) is 0 Å². The second-order valence-corrected chi connectivity index (χ2v) is 33.7. The van der Waals surface area contributed by atoms with Crippen LogP contribution in [0.5, 0.6) is 0 Å². The Labute approximate surface area is 704 Å². The monoisotopic (exact) mass is 1590 g/mol. The van der Waals surface area contributed by atoms with Crippen molar-refractivity contribution >= 4 is 172 Å². The largest absolute Gasteiger partial charge is 0.455 e. The third kappa shape index (κ3) is 10.8. The zero-order valence-corrected chi connectivity index (χ0v) is 66.6. The van der Waals surface area contributed by atoms with E-state index in [2.05, 4.69) is 367 Å². The number of para-hydroxylation sites is 3. The minimum Gasteiger partial charge on any atom is -0.455 e. The highest BCUT2D eigenvalue weighted by molar-refractivity contribution is 7.26. The molecule has 18 aromatic carbocycles. The van der Waals surface area contributed by atoms with Crippen molar-refractivity contribution in [3.8, 4) is 113 Å². The highest BCUT2D eigenvalue weighted by Gasteiger charge is 2.29. The standard InChI is InChI=1S/C110H62N8O2S2/c1-2-19-63(20-3-1)68-25-18-26-74(55-68)106-112-108(76-47-50-84-82-31-12-17-36-98(82)122-100(84)62-76)116-110(114-106)102-92(118-90-33-14-9-28-78(90)88-57-70-22-5-7-24-72(70)59-94(88)118)54-52-86-80-48-45-73(60-96(80)120-104(86)102)66-39-37-64(38-40-66)65-41-43-67(44-42-65)105-111-107(75-46-49-83-81-30-11-16-35-97(81)121-99(83)61-75)115-109(113-105)101-91(53-51-85-79-29-10-15-34-95(79)119-103(85)101)117-89-32-13-8-27-77(89)87-56-69-21-4-6-23-71(69)58-93(87)117/h1-62H. The molecule has 0 aliphatic carbocycles. The first kappa shape index (κ1) is 68.2. The number of thiophene rings is 2. The zero-order chi connectivity index (χ0) is 79.8. The van der Waals surface area contributed by atoms with Crippen LogP contribution < -0.4 is 0 Å². The summed E-state index contributed by atoms with van der Waals surface area (Å²) in [5.41, 5.74) is 20.2. The fourth-order valence-electron chi connectivity index (χ4n) is 18.8. The predicted molar refractivity (Wildman–Crippen MR) is 506 cm³/mol. The van der Waals surface area contributed by atoms with Gasteiger partial charge < -0.3 is 18.0 Å². The van der Waals surface area contributed by atoms with Gasteiger partial charge >= 0.3 is 0 Å². The van der Waals surface area contributed by atoms with E-state index in [1.165, 1.54) is 41.7 Å². The predicted octanol–water partition coefficient (Wildman–Crippen LogP) is 30.1. The van der Waals surface area contributed by atoms with Gasteiger partial charge in [0.25, 0.3) is 0 Å². The van der Waals surface area contributed by atoms with Crippen LogP contribution in [0, 0.1) is 0 Å². The van der Waals surface area contributed by atoms with E-state index in [4.69, 9.17) is 38.7 Å². The number of rotatable bonds is 11. The minimum atomic E-state index is 0.487. The number of aromatic nitrogens is 8. The summed E-state index contributed by atoms with van der Waals surface area (Å²) in [6.45, 7) is 0. The molecule has 0 unspecified atom stereocenters. The molecule has 0 amide bonds. The van der Waals surface area contributed by atoms with E-state index < -0.39 is 0 Å². The third-order valence-corrected chi connectivity index (χ3v) is 26.9. The van der Waals surface area contributed by atoms with Gasteiger partial charge in [0.05, 0.1) is 44.6 Å². The molecule has 0 aliphatic heterocycles. The van der Waals surface area contributed by atoms with Gasteiger partial charge in [0.15, 0.2) is 34.9 Å². The fourth-order valence-corrected chi connectivity index (χ4v) is 21.1. The molecule has 122 heavy (non-hydrogen) atoms. The maximum absolute atomic E-state index is 7.49. The Balaban J connectivity index is 0.609. The second-order valence-electron chi connectivity index (χ2n) is 31.6. The van der Waals surface area contributed by atoms with Crippen molar-refractivity contribution in [2.45, 2.75) is 0 Å². The summed E-state index contributed by atoms with van der Waals surface area (Å²) >= 11 is 3.56. The third-order valence-electron chi connectivity index (χ3n) is 24.6. The van der Waals surface area contributed by atoms with Crippen molar-refractivity contribution in [3.63, 3.8) is 0 Å². The molecule has 0 spiro atoms. The van der Waals surface area contributed by atoms with Gasteiger partial charge in [0.1, 0.15) is 22.3 Å². The van der Waals surface area contributed by atoms with E-state index in [1.54, 1.807) is 22.7 Å². The quantitative estimate of drug-likeness (QED) is 0.126. The Morgan fingerprint density at radius 3 is 1.07 bits per heavy atom. The fraction of sp³-hybridized carbons (Fsp3) is 0. The molecule has 0 N–H and O–H groups in total. The van der Waals surface area contributed by atoms with Crippen molar-refractivity contribution in [1.82, 2.24) is 39.0 Å². The summed E-state index contributed by atoms with van der Waals surface area (Å²) in [5.74, 6) is 3.18. The summed E-state index contributed by atoms with van der Waals surface area (Å²) in [4.78, 5) is 33.3. The highest BCUT2D eigenvalue weighted by Crippen LogP contribution is 2.49. The van der Waals surface area contributed by atoms with E-state index in [1.807, 2.05) is 18.2 Å². The lowest BCUT2D eigenvalue weighted by Gasteiger charge is -2.15. The second kappa shape index (κ2) is 26.8. The number of benzene rings is 18.